The molecule has 0 spiro atoms. The van der Waals surface area contributed by atoms with Crippen LogP contribution in [-0.4, -0.2) is 33.8 Å². The molecule has 1 aliphatic rings. The second-order valence-corrected chi connectivity index (χ2v) is 12.2. The number of nitrogens with zero attached hydrogens (tertiary/aromatic N) is 3. The van der Waals surface area contributed by atoms with Gasteiger partial charge >= 0.3 is 5.69 Å². The van der Waals surface area contributed by atoms with Crippen LogP contribution in [0, 0.1) is 26.9 Å². The summed E-state index contributed by atoms with van der Waals surface area (Å²) in [5.74, 6) is -4.36. The Bertz CT molecular complexity index is 1890. The summed E-state index contributed by atoms with van der Waals surface area (Å²) in [6, 6.07) is 13.0. The van der Waals surface area contributed by atoms with E-state index in [1.807, 2.05) is 52.9 Å². The zero-order chi connectivity index (χ0) is 26.8. The Kier molecular flexibility index (Phi) is 6.11. The van der Waals surface area contributed by atoms with Gasteiger partial charge in [0.2, 0.25) is 10.0 Å². The summed E-state index contributed by atoms with van der Waals surface area (Å²) in [5.41, 5.74) is -3.15. The lowest BCUT2D eigenvalue weighted by molar-refractivity contribution is 0.111. The SMILES string of the molecule is O=c1n(-c2ccc(I)cc2F)c2c(F)c(F)c3ncoc3c2n1S(=O)(=O)C1CC1COCc1ccccc1. The maximum Gasteiger partial charge on any atom is 0.348 e. The molecule has 2 atom stereocenters. The number of rotatable bonds is 7. The summed E-state index contributed by atoms with van der Waals surface area (Å²) in [6.07, 6.45) is 1.01. The molecule has 0 aliphatic heterocycles. The number of halogens is 4. The fraction of sp³-hybridized carbons (Fsp3) is 0.200. The smallest absolute Gasteiger partial charge is 0.348 e. The molecule has 38 heavy (non-hydrogen) atoms. The van der Waals surface area contributed by atoms with E-state index in [-0.39, 0.29) is 19.6 Å². The Balaban J connectivity index is 1.48. The first-order valence-corrected chi connectivity index (χ1v) is 14.0. The van der Waals surface area contributed by atoms with Crippen LogP contribution in [0.15, 0.2) is 64.1 Å². The van der Waals surface area contributed by atoms with Gasteiger partial charge in [-0.2, -0.15) is 3.97 Å². The van der Waals surface area contributed by atoms with E-state index in [1.165, 1.54) is 12.1 Å². The molecular weight excluding hydrogens is 638 g/mol. The van der Waals surface area contributed by atoms with Gasteiger partial charge < -0.3 is 9.15 Å². The number of ether oxygens (including phenoxy) is 1. The largest absolute Gasteiger partial charge is 0.441 e. The molecule has 0 saturated heterocycles. The van der Waals surface area contributed by atoms with Crippen molar-refractivity contribution in [3.8, 4) is 5.69 Å². The Morgan fingerprint density at radius 2 is 1.84 bits per heavy atom. The molecule has 2 heterocycles. The number of hydrogen-bond acceptors (Lipinski definition) is 6. The fourth-order valence-electron chi connectivity index (χ4n) is 4.58. The monoisotopic (exact) mass is 655 g/mol. The number of aromatic nitrogens is 3. The second-order valence-electron chi connectivity index (χ2n) is 8.91. The Morgan fingerprint density at radius 3 is 2.58 bits per heavy atom. The average Bonchev–Trinajstić information content (AvgIpc) is 3.39. The molecule has 0 amide bonds. The molecule has 5 aromatic rings. The predicted molar refractivity (Wildman–Crippen MR) is 140 cm³/mol. The van der Waals surface area contributed by atoms with E-state index in [0.29, 0.717) is 12.1 Å². The van der Waals surface area contributed by atoms with Gasteiger partial charge in [-0.25, -0.2) is 31.4 Å². The quantitative estimate of drug-likeness (QED) is 0.235. The van der Waals surface area contributed by atoms with Crippen molar-refractivity contribution in [2.24, 2.45) is 5.92 Å². The molecule has 2 aromatic heterocycles. The van der Waals surface area contributed by atoms with Crippen molar-refractivity contribution < 1.29 is 30.7 Å². The summed E-state index contributed by atoms with van der Waals surface area (Å²) >= 11 is 1.84. The van der Waals surface area contributed by atoms with Crippen LogP contribution in [-0.2, 0) is 21.4 Å². The van der Waals surface area contributed by atoms with Gasteiger partial charge in [-0.3, -0.25) is 4.57 Å². The zero-order valence-electron chi connectivity index (χ0n) is 19.3. The summed E-state index contributed by atoms with van der Waals surface area (Å²) < 4.78 is 85.0. The third kappa shape index (κ3) is 3.94. The molecule has 2 unspecified atom stereocenters. The summed E-state index contributed by atoms with van der Waals surface area (Å²) in [5, 5.41) is -1.03. The Hall–Kier alpha value is -3.17. The van der Waals surface area contributed by atoms with Crippen molar-refractivity contribution in [3.05, 3.63) is 92.0 Å². The number of benzene rings is 3. The highest BCUT2D eigenvalue weighted by Gasteiger charge is 2.50. The van der Waals surface area contributed by atoms with Crippen LogP contribution >= 0.6 is 22.6 Å². The first-order valence-electron chi connectivity index (χ1n) is 11.4. The third-order valence-electron chi connectivity index (χ3n) is 6.50. The first kappa shape index (κ1) is 25.1. The minimum absolute atomic E-state index is 0.110. The van der Waals surface area contributed by atoms with Gasteiger partial charge in [0.1, 0.15) is 16.9 Å². The van der Waals surface area contributed by atoms with Crippen LogP contribution in [0.2, 0.25) is 0 Å². The summed E-state index contributed by atoms with van der Waals surface area (Å²) in [6.45, 7) is 0.386. The van der Waals surface area contributed by atoms with Gasteiger partial charge in [-0.05, 0) is 52.8 Å². The van der Waals surface area contributed by atoms with Crippen LogP contribution in [0.5, 0.6) is 0 Å². The van der Waals surface area contributed by atoms with Crippen molar-refractivity contribution in [1.29, 1.82) is 0 Å². The molecule has 13 heteroatoms. The van der Waals surface area contributed by atoms with Gasteiger partial charge in [0.05, 0.1) is 24.2 Å². The Labute approximate surface area is 226 Å². The van der Waals surface area contributed by atoms with Gasteiger partial charge in [0.15, 0.2) is 29.1 Å². The van der Waals surface area contributed by atoms with Gasteiger partial charge in [-0.15, -0.1) is 0 Å². The van der Waals surface area contributed by atoms with E-state index in [0.717, 1.165) is 18.0 Å². The van der Waals surface area contributed by atoms with Crippen molar-refractivity contribution in [2.45, 2.75) is 18.3 Å². The number of oxazole rings is 1. The molecule has 1 fully saturated rings. The van der Waals surface area contributed by atoms with Crippen LogP contribution < -0.4 is 5.69 Å². The van der Waals surface area contributed by atoms with Crippen LogP contribution in [0.25, 0.3) is 27.8 Å². The van der Waals surface area contributed by atoms with Crippen molar-refractivity contribution in [3.63, 3.8) is 0 Å². The summed E-state index contributed by atoms with van der Waals surface area (Å²) in [4.78, 5) is 17.3. The van der Waals surface area contributed by atoms with Crippen molar-refractivity contribution >= 4 is 54.7 Å². The molecule has 1 saturated carbocycles. The molecule has 1 aliphatic carbocycles. The topological polar surface area (TPSA) is 96.3 Å². The molecule has 196 valence electrons. The predicted octanol–water partition coefficient (Wildman–Crippen LogP) is 4.74. The van der Waals surface area contributed by atoms with E-state index in [2.05, 4.69) is 4.98 Å². The third-order valence-corrected chi connectivity index (χ3v) is 9.36. The number of fused-ring (bicyclic) bond motifs is 3. The van der Waals surface area contributed by atoms with Crippen molar-refractivity contribution in [1.82, 2.24) is 13.5 Å². The van der Waals surface area contributed by atoms with Gasteiger partial charge in [-0.1, -0.05) is 30.3 Å². The van der Waals surface area contributed by atoms with Crippen LogP contribution in [0.4, 0.5) is 13.2 Å². The Morgan fingerprint density at radius 1 is 1.08 bits per heavy atom. The molecule has 6 rings (SSSR count). The first-order chi connectivity index (χ1) is 18.2. The van der Waals surface area contributed by atoms with Crippen LogP contribution in [0.3, 0.4) is 0 Å². The molecule has 0 bridgehead atoms. The van der Waals surface area contributed by atoms with Gasteiger partial charge in [0.25, 0.3) is 0 Å². The highest BCUT2D eigenvalue weighted by atomic mass is 127. The normalized spacial score (nSPS) is 17.5. The zero-order valence-corrected chi connectivity index (χ0v) is 22.2. The minimum atomic E-state index is -4.47. The van der Waals surface area contributed by atoms with Gasteiger partial charge in [0, 0.05) is 9.49 Å². The maximum atomic E-state index is 15.4. The number of imidazole rings is 1. The molecule has 0 radical (unpaired) electrons. The minimum Gasteiger partial charge on any atom is -0.441 e. The van der Waals surface area contributed by atoms with E-state index >= 15 is 4.39 Å². The molecular formula is C25H17F3IN3O5S. The lowest BCUT2D eigenvalue weighted by Crippen LogP contribution is -2.32. The van der Waals surface area contributed by atoms with Crippen LogP contribution in [0.1, 0.15) is 12.0 Å². The van der Waals surface area contributed by atoms with E-state index < -0.39 is 72.2 Å². The standard InChI is InChI=1S/C25H17F3IN3O5S/c26-16-9-15(29)6-7-17(16)31-22-20(28)19(27)21-24(37-12-30-21)23(22)32(25(31)33)38(34,35)18-8-14(18)11-36-10-13-4-2-1-3-5-13/h1-7,9,12,14,18H,8,10-11H2. The lowest BCUT2D eigenvalue weighted by atomic mass is 10.2. The molecule has 0 N–H and O–H groups in total. The highest BCUT2D eigenvalue weighted by molar-refractivity contribution is 14.1. The molecule has 8 nitrogen and oxygen atoms in total. The number of hydrogen-bond donors (Lipinski definition) is 0. The second kappa shape index (κ2) is 9.24. The average molecular weight is 655 g/mol. The van der Waals surface area contributed by atoms with E-state index in [4.69, 9.17) is 9.15 Å². The van der Waals surface area contributed by atoms with Crippen molar-refractivity contribution in [2.75, 3.05) is 6.61 Å². The van der Waals surface area contributed by atoms with E-state index in [1.54, 1.807) is 0 Å². The fourth-order valence-corrected chi connectivity index (χ4v) is 7.09. The maximum absolute atomic E-state index is 15.4. The lowest BCUT2D eigenvalue weighted by Gasteiger charge is -2.07. The molecule has 3 aromatic carbocycles. The van der Waals surface area contributed by atoms with E-state index in [9.17, 15) is 22.0 Å². The highest BCUT2D eigenvalue weighted by Crippen LogP contribution is 2.41. The summed E-state index contributed by atoms with van der Waals surface area (Å²) in [7, 11) is -4.47.